The minimum absolute atomic E-state index is 0.758. The SMILES string of the molecule is COc1ccc(N2CCC(=CC(=O)O)CC2)c(OC)c1. The maximum Gasteiger partial charge on any atom is 0.328 e. The lowest BCUT2D eigenvalue weighted by Gasteiger charge is -2.31. The van der Waals surface area contributed by atoms with Gasteiger partial charge in [0.1, 0.15) is 11.5 Å². The number of anilines is 1. The Kier molecular flexibility index (Phi) is 4.50. The van der Waals surface area contributed by atoms with E-state index in [1.54, 1.807) is 14.2 Å². The van der Waals surface area contributed by atoms with Gasteiger partial charge in [0.05, 0.1) is 19.9 Å². The number of piperidine rings is 1. The highest BCUT2D eigenvalue weighted by Crippen LogP contribution is 2.34. The Balaban J connectivity index is 2.12. The minimum atomic E-state index is -0.865. The van der Waals surface area contributed by atoms with Crippen molar-refractivity contribution in [1.29, 1.82) is 0 Å². The molecular formula is C15H19NO4. The van der Waals surface area contributed by atoms with E-state index in [0.29, 0.717) is 0 Å². The van der Waals surface area contributed by atoms with Gasteiger partial charge in [-0.15, -0.1) is 0 Å². The third-order valence-corrected chi connectivity index (χ3v) is 3.46. The van der Waals surface area contributed by atoms with Crippen LogP contribution in [0.3, 0.4) is 0 Å². The molecule has 1 fully saturated rings. The first-order valence-corrected chi connectivity index (χ1v) is 6.53. The van der Waals surface area contributed by atoms with Gasteiger partial charge in [-0.25, -0.2) is 4.79 Å². The molecule has 5 nitrogen and oxygen atoms in total. The summed E-state index contributed by atoms with van der Waals surface area (Å²) in [7, 11) is 3.26. The van der Waals surface area contributed by atoms with Crippen molar-refractivity contribution in [2.75, 3.05) is 32.2 Å². The fourth-order valence-electron chi connectivity index (χ4n) is 2.40. The summed E-state index contributed by atoms with van der Waals surface area (Å²) in [6.07, 6.45) is 2.85. The summed E-state index contributed by atoms with van der Waals surface area (Å²) in [5, 5.41) is 8.76. The van der Waals surface area contributed by atoms with Crippen molar-refractivity contribution in [2.24, 2.45) is 0 Å². The second-order valence-electron chi connectivity index (χ2n) is 4.67. The van der Waals surface area contributed by atoms with Gasteiger partial charge in [-0.05, 0) is 25.0 Å². The van der Waals surface area contributed by atoms with Crippen LogP contribution in [0.15, 0.2) is 29.8 Å². The minimum Gasteiger partial charge on any atom is -0.497 e. The van der Waals surface area contributed by atoms with Gasteiger partial charge >= 0.3 is 5.97 Å². The molecule has 2 rings (SSSR count). The van der Waals surface area contributed by atoms with Crippen molar-refractivity contribution in [2.45, 2.75) is 12.8 Å². The lowest BCUT2D eigenvalue weighted by molar-refractivity contribution is -0.131. The number of benzene rings is 1. The Hall–Kier alpha value is -2.17. The summed E-state index contributed by atoms with van der Waals surface area (Å²) in [6.45, 7) is 1.59. The van der Waals surface area contributed by atoms with Crippen molar-refractivity contribution in [3.05, 3.63) is 29.8 Å². The van der Waals surface area contributed by atoms with Crippen molar-refractivity contribution < 1.29 is 19.4 Å². The molecule has 1 heterocycles. The number of hydrogen-bond acceptors (Lipinski definition) is 4. The van der Waals surface area contributed by atoms with E-state index in [2.05, 4.69) is 4.90 Å². The Labute approximate surface area is 118 Å². The van der Waals surface area contributed by atoms with Crippen LogP contribution in [-0.4, -0.2) is 38.4 Å². The summed E-state index contributed by atoms with van der Waals surface area (Å²) in [5.41, 5.74) is 2.00. The van der Waals surface area contributed by atoms with Gasteiger partial charge in [0, 0.05) is 25.2 Å². The molecule has 0 atom stereocenters. The van der Waals surface area contributed by atoms with E-state index in [9.17, 15) is 4.79 Å². The van der Waals surface area contributed by atoms with Gasteiger partial charge in [-0.2, -0.15) is 0 Å². The summed E-state index contributed by atoms with van der Waals surface area (Å²) < 4.78 is 10.6. The second kappa shape index (κ2) is 6.32. The van der Waals surface area contributed by atoms with Gasteiger partial charge in [-0.1, -0.05) is 5.57 Å². The third-order valence-electron chi connectivity index (χ3n) is 3.46. The molecule has 1 aliphatic heterocycles. The molecule has 0 spiro atoms. The quantitative estimate of drug-likeness (QED) is 0.856. The molecule has 0 aliphatic carbocycles. The molecule has 5 heteroatoms. The number of aliphatic carboxylic acids is 1. The van der Waals surface area contributed by atoms with Crippen molar-refractivity contribution in [1.82, 2.24) is 0 Å². The Bertz CT molecular complexity index is 515. The normalized spacial score (nSPS) is 14.9. The predicted octanol–water partition coefficient (Wildman–Crippen LogP) is 2.32. The number of carbonyl (C=O) groups is 1. The van der Waals surface area contributed by atoms with Crippen LogP contribution in [0.5, 0.6) is 11.5 Å². The predicted molar refractivity (Wildman–Crippen MR) is 76.7 cm³/mol. The standard InChI is InChI=1S/C15H19NO4/c1-19-12-3-4-13(14(10-12)20-2)16-7-5-11(6-8-16)9-15(17)18/h3-4,9-10H,5-8H2,1-2H3,(H,17,18). The lowest BCUT2D eigenvalue weighted by Crippen LogP contribution is -2.31. The highest BCUT2D eigenvalue weighted by Gasteiger charge is 2.18. The molecule has 1 aromatic carbocycles. The Morgan fingerprint density at radius 1 is 1.25 bits per heavy atom. The monoisotopic (exact) mass is 277 g/mol. The number of hydrogen-bond donors (Lipinski definition) is 1. The van der Waals surface area contributed by atoms with Gasteiger partial charge in [0.15, 0.2) is 0 Å². The second-order valence-corrected chi connectivity index (χ2v) is 4.67. The molecule has 0 amide bonds. The first kappa shape index (κ1) is 14.2. The molecular weight excluding hydrogens is 258 g/mol. The molecule has 0 unspecified atom stereocenters. The van der Waals surface area contributed by atoms with Crippen LogP contribution < -0.4 is 14.4 Å². The first-order valence-electron chi connectivity index (χ1n) is 6.53. The smallest absolute Gasteiger partial charge is 0.328 e. The molecule has 1 saturated heterocycles. The van der Waals surface area contributed by atoms with Gasteiger partial charge in [-0.3, -0.25) is 0 Å². The molecule has 0 aromatic heterocycles. The molecule has 108 valence electrons. The Morgan fingerprint density at radius 3 is 2.50 bits per heavy atom. The first-order chi connectivity index (χ1) is 9.63. The molecule has 1 aromatic rings. The zero-order valence-corrected chi connectivity index (χ0v) is 11.8. The van der Waals surface area contributed by atoms with E-state index in [4.69, 9.17) is 14.6 Å². The number of methoxy groups -OCH3 is 2. The number of carboxylic acid groups (broad SMARTS) is 1. The van der Waals surface area contributed by atoms with Gasteiger partial charge in [0.2, 0.25) is 0 Å². The number of ether oxygens (including phenoxy) is 2. The Morgan fingerprint density at radius 2 is 1.95 bits per heavy atom. The topological polar surface area (TPSA) is 59.0 Å². The molecule has 0 bridgehead atoms. The van der Waals surface area contributed by atoms with Crippen LogP contribution in [0, 0.1) is 0 Å². The van der Waals surface area contributed by atoms with Crippen LogP contribution in [-0.2, 0) is 4.79 Å². The third kappa shape index (κ3) is 3.23. The summed E-state index contributed by atoms with van der Waals surface area (Å²) in [6, 6.07) is 5.74. The zero-order valence-electron chi connectivity index (χ0n) is 11.8. The maximum absolute atomic E-state index is 10.7. The highest BCUT2D eigenvalue weighted by atomic mass is 16.5. The van der Waals surface area contributed by atoms with Crippen molar-refractivity contribution in [3.63, 3.8) is 0 Å². The zero-order chi connectivity index (χ0) is 14.5. The average molecular weight is 277 g/mol. The largest absolute Gasteiger partial charge is 0.497 e. The van der Waals surface area contributed by atoms with E-state index < -0.39 is 5.97 Å². The van der Waals surface area contributed by atoms with Crippen LogP contribution in [0.25, 0.3) is 0 Å². The maximum atomic E-state index is 10.7. The molecule has 0 radical (unpaired) electrons. The fraction of sp³-hybridized carbons (Fsp3) is 0.400. The van der Waals surface area contributed by atoms with Crippen molar-refractivity contribution in [3.8, 4) is 11.5 Å². The van der Waals surface area contributed by atoms with Gasteiger partial charge < -0.3 is 19.5 Å². The van der Waals surface area contributed by atoms with Crippen LogP contribution in [0.1, 0.15) is 12.8 Å². The van der Waals surface area contributed by atoms with Crippen LogP contribution >= 0.6 is 0 Å². The number of nitrogens with zero attached hydrogens (tertiary/aromatic N) is 1. The summed E-state index contributed by atoms with van der Waals surface area (Å²) in [5.74, 6) is 0.666. The van der Waals surface area contributed by atoms with E-state index in [1.165, 1.54) is 6.08 Å². The van der Waals surface area contributed by atoms with Crippen molar-refractivity contribution >= 4 is 11.7 Å². The van der Waals surface area contributed by atoms with Crippen LogP contribution in [0.2, 0.25) is 0 Å². The molecule has 1 aliphatic rings. The van der Waals surface area contributed by atoms with E-state index in [0.717, 1.165) is 48.7 Å². The molecule has 20 heavy (non-hydrogen) atoms. The van der Waals surface area contributed by atoms with Gasteiger partial charge in [0.25, 0.3) is 0 Å². The van der Waals surface area contributed by atoms with Crippen LogP contribution in [0.4, 0.5) is 5.69 Å². The van der Waals surface area contributed by atoms with E-state index >= 15 is 0 Å². The lowest BCUT2D eigenvalue weighted by atomic mass is 10.0. The van der Waals surface area contributed by atoms with E-state index in [1.807, 2.05) is 18.2 Å². The average Bonchev–Trinajstić information content (AvgIpc) is 2.47. The highest BCUT2D eigenvalue weighted by molar-refractivity contribution is 5.80. The summed E-state index contributed by atoms with van der Waals surface area (Å²) in [4.78, 5) is 12.9. The van der Waals surface area contributed by atoms with E-state index in [-0.39, 0.29) is 0 Å². The molecule has 0 saturated carbocycles. The fourth-order valence-corrected chi connectivity index (χ4v) is 2.40. The number of rotatable bonds is 4. The number of carboxylic acids is 1. The summed E-state index contributed by atoms with van der Waals surface area (Å²) >= 11 is 0. The molecule has 1 N–H and O–H groups in total.